The summed E-state index contributed by atoms with van der Waals surface area (Å²) >= 11 is 0. The van der Waals surface area contributed by atoms with Gasteiger partial charge in [0, 0.05) is 6.42 Å². The van der Waals surface area contributed by atoms with Crippen LogP contribution in [0, 0.1) is 0 Å². The van der Waals surface area contributed by atoms with E-state index in [0.717, 1.165) is 0 Å². The van der Waals surface area contributed by atoms with Crippen LogP contribution in [0.5, 0.6) is 0 Å². The molecule has 106 valence electrons. The third-order valence-electron chi connectivity index (χ3n) is 1.84. The molecule has 0 saturated carbocycles. The molecular formula is C9H20N4O5. The molecule has 0 saturated heterocycles. The number of hydrazine groups is 1. The summed E-state index contributed by atoms with van der Waals surface area (Å²) in [6, 6.07) is -1.13. The molecule has 0 radical (unpaired) electrons. The average Bonchev–Trinajstić information content (AvgIpc) is 2.26. The van der Waals surface area contributed by atoms with Crippen LogP contribution in [-0.2, 0) is 19.2 Å². The minimum absolute atomic E-state index is 0.00371. The maximum Gasteiger partial charge on any atom is 0.425 e. The van der Waals surface area contributed by atoms with Crippen LogP contribution in [-0.4, -0.2) is 35.3 Å². The fourth-order valence-electron chi connectivity index (χ4n) is 1.07. The minimum atomic E-state index is -1.13. The fourth-order valence-corrected chi connectivity index (χ4v) is 1.07. The van der Waals surface area contributed by atoms with E-state index in [1.54, 1.807) is 20.8 Å². The van der Waals surface area contributed by atoms with Gasteiger partial charge in [-0.2, -0.15) is 5.90 Å². The molecule has 0 aromatic rings. The highest BCUT2D eigenvalue weighted by Crippen LogP contribution is 2.11. The van der Waals surface area contributed by atoms with Gasteiger partial charge in [0.15, 0.2) is 6.04 Å². The van der Waals surface area contributed by atoms with Crippen LogP contribution < -0.4 is 17.6 Å². The van der Waals surface area contributed by atoms with Crippen molar-refractivity contribution in [2.45, 2.75) is 38.8 Å². The van der Waals surface area contributed by atoms with Crippen molar-refractivity contribution in [1.82, 2.24) is 5.01 Å². The Kier molecular flexibility index (Phi) is 6.55. The average molecular weight is 264 g/mol. The number of nitrogens with zero attached hydrogens (tertiary/aromatic N) is 1. The van der Waals surface area contributed by atoms with Gasteiger partial charge in [-0.15, -0.1) is 0 Å². The molecule has 1 unspecified atom stereocenters. The van der Waals surface area contributed by atoms with Gasteiger partial charge in [-0.25, -0.2) is 26.3 Å². The van der Waals surface area contributed by atoms with E-state index in [0.29, 0.717) is 5.01 Å². The molecule has 0 aromatic heterocycles. The normalized spacial score (nSPS) is 12.8. The molecular weight excluding hydrogens is 244 g/mol. The van der Waals surface area contributed by atoms with Crippen LogP contribution in [0.2, 0.25) is 0 Å². The third kappa shape index (κ3) is 5.77. The Balaban J connectivity index is 4.68. The molecule has 0 bridgehead atoms. The highest BCUT2D eigenvalue weighted by atomic mass is 16.7. The molecule has 9 nitrogen and oxygen atoms in total. The molecule has 0 rings (SSSR count). The Morgan fingerprint density at radius 1 is 1.28 bits per heavy atom. The van der Waals surface area contributed by atoms with Gasteiger partial charge >= 0.3 is 12.1 Å². The molecule has 0 aliphatic heterocycles. The Morgan fingerprint density at radius 2 is 1.83 bits per heavy atom. The van der Waals surface area contributed by atoms with Crippen LogP contribution in [0.25, 0.3) is 0 Å². The van der Waals surface area contributed by atoms with Crippen LogP contribution in [0.4, 0.5) is 4.79 Å². The molecule has 1 atom stereocenters. The van der Waals surface area contributed by atoms with Gasteiger partial charge in [-0.3, -0.25) is 0 Å². The summed E-state index contributed by atoms with van der Waals surface area (Å²) in [5.74, 6) is 14.2. The van der Waals surface area contributed by atoms with E-state index < -0.39 is 23.7 Å². The molecule has 1 amide bonds. The summed E-state index contributed by atoms with van der Waals surface area (Å²) in [5, 5.41) is 0.597. The largest absolute Gasteiger partial charge is 0.443 e. The van der Waals surface area contributed by atoms with E-state index in [1.807, 2.05) is 0 Å². The maximum absolute atomic E-state index is 11.6. The first kappa shape index (κ1) is 16.6. The highest BCUT2D eigenvalue weighted by molar-refractivity contribution is 5.80. The van der Waals surface area contributed by atoms with Gasteiger partial charge in [-0.05, 0) is 20.8 Å². The van der Waals surface area contributed by atoms with Crippen molar-refractivity contribution in [3.63, 3.8) is 0 Å². The minimum Gasteiger partial charge on any atom is -0.443 e. The highest BCUT2D eigenvalue weighted by Gasteiger charge is 2.32. The van der Waals surface area contributed by atoms with E-state index >= 15 is 0 Å². The summed E-state index contributed by atoms with van der Waals surface area (Å²) in [5.41, 5.74) is -0.740. The monoisotopic (exact) mass is 264 g/mol. The summed E-state index contributed by atoms with van der Waals surface area (Å²) in [6.45, 7) is 4.99. The van der Waals surface area contributed by atoms with Gasteiger partial charge in [0.2, 0.25) is 0 Å². The lowest BCUT2D eigenvalue weighted by Crippen LogP contribution is -2.52. The smallest absolute Gasteiger partial charge is 0.425 e. The topological polar surface area (TPSA) is 143 Å². The van der Waals surface area contributed by atoms with Crippen molar-refractivity contribution in [2.75, 3.05) is 6.61 Å². The quantitative estimate of drug-likeness (QED) is 0.331. The Labute approximate surface area is 105 Å². The first-order valence-electron chi connectivity index (χ1n) is 5.22. The number of nitrogens with two attached hydrogens (primary N) is 3. The Hall–Kier alpha value is -1.42. The maximum atomic E-state index is 11.6. The summed E-state index contributed by atoms with van der Waals surface area (Å²) in [4.78, 5) is 31.4. The Bertz CT molecular complexity index is 291. The summed E-state index contributed by atoms with van der Waals surface area (Å²) in [6.07, 6.45) is -0.850. The molecule has 0 aliphatic rings. The lowest BCUT2D eigenvalue weighted by Gasteiger charge is -2.28. The van der Waals surface area contributed by atoms with Crippen molar-refractivity contribution in [2.24, 2.45) is 17.6 Å². The predicted molar refractivity (Wildman–Crippen MR) is 61.1 cm³/mol. The molecule has 18 heavy (non-hydrogen) atoms. The molecule has 6 N–H and O–H groups in total. The second-order valence-electron chi connectivity index (χ2n) is 4.50. The van der Waals surface area contributed by atoms with Gasteiger partial charge < -0.3 is 14.4 Å². The number of hydrogen-bond acceptors (Lipinski definition) is 8. The second-order valence-corrected chi connectivity index (χ2v) is 4.50. The SMILES string of the molecule is CC(C)(C)OC(=O)N(N)C(CCON)C(=O)ON. The first-order chi connectivity index (χ1) is 8.22. The predicted octanol–water partition coefficient (Wildman–Crippen LogP) is -0.837. The van der Waals surface area contributed by atoms with Crippen molar-refractivity contribution in [3.8, 4) is 0 Å². The molecule has 0 spiro atoms. The zero-order valence-electron chi connectivity index (χ0n) is 10.7. The van der Waals surface area contributed by atoms with Crippen molar-refractivity contribution < 1.29 is 24.0 Å². The van der Waals surface area contributed by atoms with Gasteiger partial charge in [0.05, 0.1) is 6.61 Å². The van der Waals surface area contributed by atoms with Crippen LogP contribution in [0.3, 0.4) is 0 Å². The van der Waals surface area contributed by atoms with Gasteiger partial charge in [-0.1, -0.05) is 0 Å². The van der Waals surface area contributed by atoms with Crippen LogP contribution >= 0.6 is 0 Å². The van der Waals surface area contributed by atoms with Crippen molar-refractivity contribution >= 4 is 12.1 Å². The van der Waals surface area contributed by atoms with Gasteiger partial charge in [0.1, 0.15) is 5.60 Å². The lowest BCUT2D eigenvalue weighted by molar-refractivity contribution is -0.151. The summed E-state index contributed by atoms with van der Waals surface area (Å²) in [7, 11) is 0. The number of hydrogen-bond donors (Lipinski definition) is 3. The first-order valence-corrected chi connectivity index (χ1v) is 5.22. The van der Waals surface area contributed by atoms with Crippen LogP contribution in [0.15, 0.2) is 0 Å². The Morgan fingerprint density at radius 3 is 2.22 bits per heavy atom. The van der Waals surface area contributed by atoms with E-state index in [4.69, 9.17) is 22.4 Å². The van der Waals surface area contributed by atoms with E-state index in [-0.39, 0.29) is 13.0 Å². The molecule has 0 aliphatic carbocycles. The zero-order valence-corrected chi connectivity index (χ0v) is 10.7. The van der Waals surface area contributed by atoms with E-state index in [1.165, 1.54) is 0 Å². The van der Waals surface area contributed by atoms with Crippen molar-refractivity contribution in [1.29, 1.82) is 0 Å². The number of ether oxygens (including phenoxy) is 1. The molecule has 0 heterocycles. The van der Waals surface area contributed by atoms with Gasteiger partial charge in [0.25, 0.3) is 0 Å². The zero-order chi connectivity index (χ0) is 14.3. The molecule has 0 fully saturated rings. The lowest BCUT2D eigenvalue weighted by atomic mass is 10.2. The second kappa shape index (κ2) is 7.11. The number of carbonyl (C=O) groups is 2. The summed E-state index contributed by atoms with van der Waals surface area (Å²) < 4.78 is 5.00. The van der Waals surface area contributed by atoms with E-state index in [9.17, 15) is 9.59 Å². The standard InChI is InChI=1S/C9H20N4O5/c1-9(2,3)17-8(15)13(10)6(4-5-16-11)7(14)18-12/h6H,4-5,10-12H2,1-3H3. The van der Waals surface area contributed by atoms with Crippen LogP contribution in [0.1, 0.15) is 27.2 Å². The third-order valence-corrected chi connectivity index (χ3v) is 1.84. The fraction of sp³-hybridized carbons (Fsp3) is 0.778. The van der Waals surface area contributed by atoms with E-state index in [2.05, 4.69) is 9.68 Å². The number of carbonyl (C=O) groups excluding carboxylic acids is 2. The van der Waals surface area contributed by atoms with Crippen molar-refractivity contribution in [3.05, 3.63) is 0 Å². The molecule has 0 aromatic carbocycles. The number of amides is 1. The molecule has 9 heteroatoms. The number of rotatable bonds is 5.